The highest BCUT2D eigenvalue weighted by molar-refractivity contribution is 7.80. The number of amides is 1. The first-order valence-electron chi connectivity index (χ1n) is 8.06. The van der Waals surface area contributed by atoms with Gasteiger partial charge >= 0.3 is 0 Å². The summed E-state index contributed by atoms with van der Waals surface area (Å²) >= 11 is 5.44. The minimum absolute atomic E-state index is 0.180. The Labute approximate surface area is 144 Å². The van der Waals surface area contributed by atoms with Crippen LogP contribution in [-0.2, 0) is 9.53 Å². The van der Waals surface area contributed by atoms with Gasteiger partial charge in [-0.05, 0) is 52.1 Å². The third-order valence-corrected chi connectivity index (χ3v) is 3.62. The van der Waals surface area contributed by atoms with Crippen molar-refractivity contribution >= 4 is 23.0 Å². The average molecular weight is 337 g/mol. The molecule has 1 aromatic carbocycles. The van der Waals surface area contributed by atoms with Gasteiger partial charge in [-0.25, -0.2) is 0 Å². The molecule has 1 unspecified atom stereocenters. The lowest BCUT2D eigenvalue weighted by Gasteiger charge is -2.27. The molecule has 0 fully saturated rings. The Morgan fingerprint density at radius 2 is 1.91 bits per heavy atom. The molecule has 0 radical (unpaired) electrons. The molecule has 1 aromatic rings. The standard InChI is InChI=1S/C18H28N2O2S/c1-18(2,3)22-17(13-16(19)21)20-12-8-7-11-15(23)14-9-5-4-6-10-14/h4-6,9-10,17,20H,7-8,11-13H2,1-3H3,(H2,19,21). The summed E-state index contributed by atoms with van der Waals surface area (Å²) in [6.07, 6.45) is 2.70. The molecule has 0 saturated heterocycles. The van der Waals surface area contributed by atoms with Crippen molar-refractivity contribution in [2.45, 2.75) is 58.3 Å². The molecule has 0 bridgehead atoms. The first-order valence-corrected chi connectivity index (χ1v) is 8.46. The van der Waals surface area contributed by atoms with Crippen LogP contribution in [0.4, 0.5) is 0 Å². The summed E-state index contributed by atoms with van der Waals surface area (Å²) in [5, 5.41) is 3.25. The highest BCUT2D eigenvalue weighted by Crippen LogP contribution is 2.12. The maximum absolute atomic E-state index is 11.1. The van der Waals surface area contributed by atoms with E-state index in [1.54, 1.807) is 0 Å². The molecule has 3 N–H and O–H groups in total. The highest BCUT2D eigenvalue weighted by Gasteiger charge is 2.19. The fourth-order valence-electron chi connectivity index (χ4n) is 2.21. The quantitative estimate of drug-likeness (QED) is 0.298. The van der Waals surface area contributed by atoms with Crippen LogP contribution >= 0.6 is 12.2 Å². The SMILES string of the molecule is CC(C)(C)OC(CC(N)=O)NCCCCC(=S)c1ccccc1. The van der Waals surface area contributed by atoms with E-state index in [-0.39, 0.29) is 24.2 Å². The Kier molecular flexibility index (Phi) is 8.37. The lowest BCUT2D eigenvalue weighted by Crippen LogP contribution is -2.41. The predicted octanol–water partition coefficient (Wildman–Crippen LogP) is 3.18. The number of thiocarbonyl (C=S) groups is 1. The Balaban J connectivity index is 2.28. The van der Waals surface area contributed by atoms with Gasteiger partial charge in [0.05, 0.1) is 12.0 Å². The zero-order valence-corrected chi connectivity index (χ0v) is 15.1. The first-order chi connectivity index (χ1) is 10.8. The second kappa shape index (κ2) is 9.75. The van der Waals surface area contributed by atoms with Gasteiger partial charge in [-0.15, -0.1) is 0 Å². The molecule has 1 amide bonds. The van der Waals surface area contributed by atoms with Crippen molar-refractivity contribution in [2.24, 2.45) is 5.73 Å². The molecule has 5 heteroatoms. The Hall–Kier alpha value is -1.30. The van der Waals surface area contributed by atoms with Gasteiger partial charge in [-0.1, -0.05) is 42.5 Å². The summed E-state index contributed by atoms with van der Waals surface area (Å²) < 4.78 is 5.81. The monoisotopic (exact) mass is 336 g/mol. The van der Waals surface area contributed by atoms with Gasteiger partial charge in [0.15, 0.2) is 0 Å². The van der Waals surface area contributed by atoms with Crippen molar-refractivity contribution < 1.29 is 9.53 Å². The molecule has 0 spiro atoms. The molecule has 0 aliphatic rings. The molecule has 0 aliphatic carbocycles. The van der Waals surface area contributed by atoms with Crippen molar-refractivity contribution in [3.63, 3.8) is 0 Å². The second-order valence-electron chi connectivity index (χ2n) is 6.59. The number of nitrogens with one attached hydrogen (secondary N) is 1. The molecule has 23 heavy (non-hydrogen) atoms. The predicted molar refractivity (Wildman–Crippen MR) is 98.4 cm³/mol. The molecule has 0 heterocycles. The molecule has 4 nitrogen and oxygen atoms in total. The van der Waals surface area contributed by atoms with E-state index in [9.17, 15) is 4.79 Å². The largest absolute Gasteiger partial charge is 0.370 e. The van der Waals surface area contributed by atoms with Gasteiger partial charge in [0.1, 0.15) is 6.23 Å². The number of unbranched alkanes of at least 4 members (excludes halogenated alkanes) is 1. The molecule has 0 aliphatic heterocycles. The van der Waals surface area contributed by atoms with Gasteiger partial charge in [0, 0.05) is 4.86 Å². The topological polar surface area (TPSA) is 64.3 Å². The molecule has 128 valence electrons. The normalized spacial score (nSPS) is 12.8. The smallest absolute Gasteiger partial charge is 0.221 e. The van der Waals surface area contributed by atoms with Crippen molar-refractivity contribution in [1.82, 2.24) is 5.32 Å². The fraction of sp³-hybridized carbons (Fsp3) is 0.556. The molecule has 1 rings (SSSR count). The third-order valence-electron chi connectivity index (χ3n) is 3.18. The van der Waals surface area contributed by atoms with E-state index < -0.39 is 0 Å². The van der Waals surface area contributed by atoms with E-state index >= 15 is 0 Å². The number of ether oxygens (including phenoxy) is 1. The Morgan fingerprint density at radius 3 is 2.48 bits per heavy atom. The summed E-state index contributed by atoms with van der Waals surface area (Å²) in [4.78, 5) is 12.1. The molecule has 1 atom stereocenters. The summed E-state index contributed by atoms with van der Waals surface area (Å²) in [6, 6.07) is 10.1. The Bertz CT molecular complexity index is 497. The number of hydrogen-bond acceptors (Lipinski definition) is 4. The molecular formula is C18H28N2O2S. The number of carbonyl (C=O) groups excluding carboxylic acids is 1. The molecule has 0 aromatic heterocycles. The number of primary amides is 1. The molecule has 0 saturated carbocycles. The lowest BCUT2D eigenvalue weighted by atomic mass is 10.1. The number of carbonyl (C=O) groups is 1. The second-order valence-corrected chi connectivity index (χ2v) is 7.08. The van der Waals surface area contributed by atoms with Gasteiger partial charge in [0.25, 0.3) is 0 Å². The van der Waals surface area contributed by atoms with E-state index in [0.29, 0.717) is 0 Å². The lowest BCUT2D eigenvalue weighted by molar-refractivity contribution is -0.126. The molecular weight excluding hydrogens is 308 g/mol. The minimum atomic E-state index is -0.364. The van der Waals surface area contributed by atoms with E-state index in [2.05, 4.69) is 5.32 Å². The fourth-order valence-corrected chi connectivity index (χ4v) is 2.49. The summed E-state index contributed by atoms with van der Waals surface area (Å²) in [5.74, 6) is -0.364. The van der Waals surface area contributed by atoms with E-state index in [0.717, 1.165) is 36.2 Å². The zero-order chi connectivity index (χ0) is 17.3. The van der Waals surface area contributed by atoms with Crippen LogP contribution in [-0.4, -0.2) is 29.1 Å². The number of hydrogen-bond donors (Lipinski definition) is 2. The van der Waals surface area contributed by atoms with Gasteiger partial charge in [0.2, 0.25) is 5.91 Å². The van der Waals surface area contributed by atoms with Gasteiger partial charge < -0.3 is 10.5 Å². The van der Waals surface area contributed by atoms with E-state index in [4.69, 9.17) is 22.7 Å². The maximum atomic E-state index is 11.1. The van der Waals surface area contributed by atoms with Crippen LogP contribution in [0.3, 0.4) is 0 Å². The van der Waals surface area contributed by atoms with Crippen molar-refractivity contribution in [3.05, 3.63) is 35.9 Å². The van der Waals surface area contributed by atoms with Crippen molar-refractivity contribution in [2.75, 3.05) is 6.54 Å². The minimum Gasteiger partial charge on any atom is -0.370 e. The average Bonchev–Trinajstić information content (AvgIpc) is 2.45. The van der Waals surface area contributed by atoms with Gasteiger partial charge in [-0.3, -0.25) is 10.1 Å². The maximum Gasteiger partial charge on any atom is 0.221 e. The van der Waals surface area contributed by atoms with Crippen LogP contribution in [0.2, 0.25) is 0 Å². The number of nitrogens with two attached hydrogens (primary N) is 1. The number of rotatable bonds is 10. The first kappa shape index (κ1) is 19.7. The summed E-state index contributed by atoms with van der Waals surface area (Å²) in [5.41, 5.74) is 6.08. The number of benzene rings is 1. The van der Waals surface area contributed by atoms with Crippen LogP contribution in [0.1, 0.15) is 52.0 Å². The van der Waals surface area contributed by atoms with Crippen LogP contribution < -0.4 is 11.1 Å². The van der Waals surface area contributed by atoms with Crippen molar-refractivity contribution in [1.29, 1.82) is 0 Å². The summed E-state index contributed by atoms with van der Waals surface area (Å²) in [6.45, 7) is 6.65. The van der Waals surface area contributed by atoms with Crippen LogP contribution in [0.25, 0.3) is 0 Å². The zero-order valence-electron chi connectivity index (χ0n) is 14.3. The third kappa shape index (κ3) is 9.43. The van der Waals surface area contributed by atoms with Gasteiger partial charge in [-0.2, -0.15) is 0 Å². The van der Waals surface area contributed by atoms with Crippen molar-refractivity contribution in [3.8, 4) is 0 Å². The van der Waals surface area contributed by atoms with Crippen LogP contribution in [0.5, 0.6) is 0 Å². The van der Waals surface area contributed by atoms with Crippen LogP contribution in [0.15, 0.2) is 30.3 Å². The highest BCUT2D eigenvalue weighted by atomic mass is 32.1. The van der Waals surface area contributed by atoms with Crippen LogP contribution in [0, 0.1) is 0 Å². The Morgan fingerprint density at radius 1 is 1.26 bits per heavy atom. The summed E-state index contributed by atoms with van der Waals surface area (Å²) in [7, 11) is 0. The van der Waals surface area contributed by atoms with E-state index in [1.807, 2.05) is 51.1 Å². The van der Waals surface area contributed by atoms with E-state index in [1.165, 1.54) is 0 Å².